The average Bonchev–Trinajstić information content (AvgIpc) is 0.760. The van der Waals surface area contributed by atoms with Crippen LogP contribution in [0.3, 0.4) is 0 Å². The normalized spacial score (nSPS) is 11.1. The van der Waals surface area contributed by atoms with E-state index in [0.29, 0.717) is 29.6 Å². The molecule has 0 spiro atoms. The summed E-state index contributed by atoms with van der Waals surface area (Å²) >= 11 is 0. The molecule has 0 nitrogen and oxygen atoms in total. The van der Waals surface area contributed by atoms with Crippen molar-refractivity contribution in [3.8, 4) is 44.5 Å². The molecular formula is C103H108. The van der Waals surface area contributed by atoms with Crippen LogP contribution < -0.4 is 0 Å². The van der Waals surface area contributed by atoms with Crippen LogP contribution in [0.25, 0.3) is 98.4 Å². The molecule has 0 fully saturated rings. The first-order valence-corrected chi connectivity index (χ1v) is 37.5. The summed E-state index contributed by atoms with van der Waals surface area (Å²) in [5, 5.41) is 13.4. The van der Waals surface area contributed by atoms with E-state index < -0.39 is 0 Å². The minimum atomic E-state index is 0.492. The molecule has 0 N–H and O–H groups in total. The Morgan fingerprint density at radius 1 is 0.165 bits per heavy atom. The van der Waals surface area contributed by atoms with Crippen molar-refractivity contribution in [2.45, 2.75) is 154 Å². The SMILES string of the molecule is Cc1c(-c2c(C(C)C)cccc2C(C)C)cccc1-c1c(C(C)C)cccc1C(C)C.Cc1c(-c2ccccc2)ccc2ccccc12.Cc1c(C(C)C)ccc2ccccc12.Cc1ccc2ccccc2c1C.Cc1cccc2ccccc12.Cc1ccccc1-c1ccc2ccccc2c1C. The van der Waals surface area contributed by atoms with Gasteiger partial charge in [0.25, 0.3) is 0 Å². The van der Waals surface area contributed by atoms with E-state index in [-0.39, 0.29) is 0 Å². The third-order valence-electron chi connectivity index (χ3n) is 20.9. The van der Waals surface area contributed by atoms with Crippen LogP contribution in [0.15, 0.2) is 297 Å². The summed E-state index contributed by atoms with van der Waals surface area (Å²) < 4.78 is 0. The molecule has 0 bridgehead atoms. The fourth-order valence-corrected chi connectivity index (χ4v) is 14.8. The van der Waals surface area contributed by atoms with Gasteiger partial charge in [-0.15, -0.1) is 0 Å². The lowest BCUT2D eigenvalue weighted by Gasteiger charge is -2.25. The van der Waals surface area contributed by atoms with E-state index in [4.69, 9.17) is 0 Å². The second-order valence-corrected chi connectivity index (χ2v) is 29.5. The van der Waals surface area contributed by atoms with Crippen molar-refractivity contribution in [3.63, 3.8) is 0 Å². The minimum absolute atomic E-state index is 0.492. The molecule has 0 amide bonds. The molecule has 0 saturated heterocycles. The molecule has 15 aromatic carbocycles. The second kappa shape index (κ2) is 35.0. The molecule has 0 saturated carbocycles. The first-order chi connectivity index (χ1) is 49.6. The van der Waals surface area contributed by atoms with E-state index in [2.05, 4.69) is 422 Å². The van der Waals surface area contributed by atoms with Crippen LogP contribution in [-0.4, -0.2) is 0 Å². The predicted molar refractivity (Wildman–Crippen MR) is 456 cm³/mol. The summed E-state index contributed by atoms with van der Waals surface area (Å²) in [6.45, 7) is 40.6. The molecule has 0 aliphatic heterocycles. The predicted octanol–water partition coefficient (Wildman–Crippen LogP) is 30.6. The van der Waals surface area contributed by atoms with Crippen LogP contribution in [0, 0.1) is 55.4 Å². The molecule has 0 atom stereocenters. The molecule has 0 heteroatoms. The molecule has 0 aliphatic rings. The molecule has 520 valence electrons. The van der Waals surface area contributed by atoms with Crippen molar-refractivity contribution in [2.75, 3.05) is 0 Å². The Morgan fingerprint density at radius 3 is 0.922 bits per heavy atom. The Labute approximate surface area is 618 Å². The zero-order valence-electron chi connectivity index (χ0n) is 64.7. The molecule has 0 radical (unpaired) electrons. The zero-order chi connectivity index (χ0) is 73.4. The quantitative estimate of drug-likeness (QED) is 0.135. The highest BCUT2D eigenvalue weighted by Crippen LogP contribution is 2.44. The average molecular weight is 1350 g/mol. The minimum Gasteiger partial charge on any atom is -0.0622 e. The Kier molecular flexibility index (Phi) is 25.6. The van der Waals surface area contributed by atoms with Crippen LogP contribution in [0.5, 0.6) is 0 Å². The van der Waals surface area contributed by atoms with Gasteiger partial charge >= 0.3 is 0 Å². The number of benzene rings is 15. The van der Waals surface area contributed by atoms with E-state index >= 15 is 0 Å². The number of hydrogen-bond donors (Lipinski definition) is 0. The molecule has 103 heavy (non-hydrogen) atoms. The van der Waals surface area contributed by atoms with Crippen molar-refractivity contribution in [2.24, 2.45) is 0 Å². The topological polar surface area (TPSA) is 0 Å². The van der Waals surface area contributed by atoms with E-state index in [9.17, 15) is 0 Å². The monoisotopic (exact) mass is 1340 g/mol. The van der Waals surface area contributed by atoms with Gasteiger partial charge in [0, 0.05) is 0 Å². The van der Waals surface area contributed by atoms with E-state index in [0.717, 1.165) is 0 Å². The summed E-state index contributed by atoms with van der Waals surface area (Å²) in [6, 6.07) is 107. The van der Waals surface area contributed by atoms with Crippen molar-refractivity contribution in [1.82, 2.24) is 0 Å². The Bertz CT molecular complexity index is 5200. The lowest BCUT2D eigenvalue weighted by molar-refractivity contribution is 0.836. The number of aryl methyl sites for hydroxylation is 7. The molecule has 0 unspecified atom stereocenters. The van der Waals surface area contributed by atoms with E-state index in [1.165, 1.54) is 171 Å². The summed E-state index contributed by atoms with van der Waals surface area (Å²) in [5.41, 5.74) is 29.2. The van der Waals surface area contributed by atoms with Crippen LogP contribution in [0.2, 0.25) is 0 Å². The summed E-state index contributed by atoms with van der Waals surface area (Å²) in [6.07, 6.45) is 0. The maximum Gasteiger partial charge on any atom is -0.0112 e. The molecule has 0 aromatic heterocycles. The van der Waals surface area contributed by atoms with Crippen molar-refractivity contribution in [1.29, 1.82) is 0 Å². The molecule has 15 rings (SSSR count). The molecular weight excluding hydrogens is 1240 g/mol. The van der Waals surface area contributed by atoms with Gasteiger partial charge in [0.15, 0.2) is 0 Å². The maximum absolute atomic E-state index is 2.33. The number of fused-ring (bicyclic) bond motifs is 5. The van der Waals surface area contributed by atoms with Gasteiger partial charge in [-0.25, -0.2) is 0 Å². The van der Waals surface area contributed by atoms with Crippen molar-refractivity contribution in [3.05, 3.63) is 370 Å². The first-order valence-electron chi connectivity index (χ1n) is 37.5. The Morgan fingerprint density at radius 2 is 0.476 bits per heavy atom. The van der Waals surface area contributed by atoms with Gasteiger partial charge in [0.1, 0.15) is 0 Å². The van der Waals surface area contributed by atoms with Crippen molar-refractivity contribution >= 4 is 53.9 Å². The van der Waals surface area contributed by atoms with Crippen LogP contribution in [-0.2, 0) is 0 Å². The van der Waals surface area contributed by atoms with Gasteiger partial charge in [-0.05, 0) is 256 Å². The third kappa shape index (κ3) is 17.7. The molecule has 0 heterocycles. The standard InChI is InChI=1S/C31H40.C18H16.C17H14.C14H16.C12H12.C11H10/c1-19(2)24-13-10-14-25(20(3)4)30(24)28-17-12-18-29(23(28)9)31-26(21(5)6)15-11-16-27(31)22(7)8;1-13-7-3-5-9-16(13)18-12-11-15-8-4-6-10-17(15)14(18)2;1-13-16-10-6-5-9-15(16)11-12-17(13)14-7-3-2-4-8-14;1-10(2)13-9-8-12-6-4-5-7-14(12)11(13)3;1-9-7-8-11-5-3-4-6-12(11)10(9)2;1-9-5-4-7-10-6-2-3-8-11(9)10/h10-22H,1-9H3;3-12H,1-2H3;2-12H,1H3;4-10H,1-3H3;3-8H,1-2H3;2-8H,1H3. The molecule has 15 aromatic rings. The molecule has 0 aliphatic carbocycles. The summed E-state index contributed by atoms with van der Waals surface area (Å²) in [7, 11) is 0. The lowest BCUT2D eigenvalue weighted by Crippen LogP contribution is -2.04. The van der Waals surface area contributed by atoms with Crippen LogP contribution in [0.4, 0.5) is 0 Å². The second-order valence-electron chi connectivity index (χ2n) is 29.5. The summed E-state index contributed by atoms with van der Waals surface area (Å²) in [4.78, 5) is 0. The van der Waals surface area contributed by atoms with Crippen molar-refractivity contribution < 1.29 is 0 Å². The van der Waals surface area contributed by atoms with Gasteiger partial charge in [-0.1, -0.05) is 366 Å². The van der Waals surface area contributed by atoms with E-state index in [1.807, 2.05) is 0 Å². The zero-order valence-corrected chi connectivity index (χ0v) is 64.7. The maximum atomic E-state index is 2.33. The number of hydrogen-bond acceptors (Lipinski definition) is 0. The van der Waals surface area contributed by atoms with Crippen LogP contribution in [0.1, 0.15) is 171 Å². The Balaban J connectivity index is 0.000000138. The largest absolute Gasteiger partial charge is 0.0622 e. The van der Waals surface area contributed by atoms with Gasteiger partial charge in [-0.3, -0.25) is 0 Å². The highest BCUT2D eigenvalue weighted by atomic mass is 14.3. The first kappa shape index (κ1) is 75.3. The van der Waals surface area contributed by atoms with Gasteiger partial charge in [0.05, 0.1) is 0 Å². The Hall–Kier alpha value is -10.4. The van der Waals surface area contributed by atoms with E-state index in [1.54, 1.807) is 0 Å². The highest BCUT2D eigenvalue weighted by molar-refractivity contribution is 5.94. The lowest BCUT2D eigenvalue weighted by atomic mass is 9.79. The fraction of sp³-hybridized carbons (Fsp3) is 0.223. The van der Waals surface area contributed by atoms with Gasteiger partial charge < -0.3 is 0 Å². The van der Waals surface area contributed by atoms with Gasteiger partial charge in [-0.2, -0.15) is 0 Å². The number of rotatable bonds is 9. The fourth-order valence-electron chi connectivity index (χ4n) is 14.8. The smallest absolute Gasteiger partial charge is 0.0112 e. The highest BCUT2D eigenvalue weighted by Gasteiger charge is 2.22. The van der Waals surface area contributed by atoms with Crippen LogP contribution >= 0.6 is 0 Å². The summed E-state index contributed by atoms with van der Waals surface area (Å²) in [5.74, 6) is 2.58. The van der Waals surface area contributed by atoms with Gasteiger partial charge in [0.2, 0.25) is 0 Å². The third-order valence-corrected chi connectivity index (χ3v) is 20.9.